The molecule has 1 fully saturated rings. The highest BCUT2D eigenvalue weighted by atomic mass is 16.2. The van der Waals surface area contributed by atoms with E-state index in [4.69, 9.17) is 0 Å². The maximum Gasteiger partial charge on any atom is 0.244 e. The number of amides is 2. The van der Waals surface area contributed by atoms with Gasteiger partial charge in [0.25, 0.3) is 0 Å². The number of hydrogen-bond acceptors (Lipinski definition) is 2. The van der Waals surface area contributed by atoms with Gasteiger partial charge >= 0.3 is 0 Å². The van der Waals surface area contributed by atoms with Gasteiger partial charge in [-0.3, -0.25) is 14.5 Å². The summed E-state index contributed by atoms with van der Waals surface area (Å²) in [5.41, 5.74) is 2.43. The number of imide groups is 1. The fourth-order valence-electron chi connectivity index (χ4n) is 5.17. The van der Waals surface area contributed by atoms with Crippen LogP contribution in [0.25, 0.3) is 0 Å². The summed E-state index contributed by atoms with van der Waals surface area (Å²) in [4.78, 5) is 28.7. The van der Waals surface area contributed by atoms with E-state index in [1.54, 1.807) is 0 Å². The van der Waals surface area contributed by atoms with Crippen LogP contribution in [0.3, 0.4) is 0 Å². The minimum Gasteiger partial charge on any atom is -0.274 e. The highest BCUT2D eigenvalue weighted by molar-refractivity contribution is 6.11. The van der Waals surface area contributed by atoms with Gasteiger partial charge in [0.2, 0.25) is 11.8 Å². The number of carbonyl (C=O) groups excluding carboxylic acids is 2. The second kappa shape index (κ2) is 6.03. The first-order chi connectivity index (χ1) is 13.5. The molecule has 3 nitrogen and oxygen atoms in total. The van der Waals surface area contributed by atoms with Gasteiger partial charge in [0, 0.05) is 11.8 Å². The SMILES string of the molecule is Cc1ccc(C(C)N2C(=O)[C@@H]3[C@@H](c4ccccc4)C4C=CC3(C=C4)C2=O)cc1. The maximum absolute atomic E-state index is 13.6. The molecular weight excluding hydrogens is 346 g/mol. The standard InChI is InChI=1S/C25H23NO2/c1-16-8-10-18(11-9-16)17(2)26-23(27)22-21(19-6-4-3-5-7-19)20-12-14-25(22,15-13-20)24(26)28/h3-15,17,20-22H,1-2H3/t17?,20?,21-,22-,25?/m0/s1. The molecule has 1 aliphatic heterocycles. The van der Waals surface area contributed by atoms with Crippen LogP contribution < -0.4 is 0 Å². The third-order valence-corrected chi connectivity index (χ3v) is 6.70. The fraction of sp³-hybridized carbons (Fsp3) is 0.280. The summed E-state index contributed by atoms with van der Waals surface area (Å²) in [5.74, 6) is -0.355. The molecule has 3 heteroatoms. The van der Waals surface area contributed by atoms with E-state index in [1.807, 2.05) is 68.5 Å². The second-order valence-electron chi connectivity index (χ2n) is 8.24. The van der Waals surface area contributed by atoms with Crippen molar-refractivity contribution < 1.29 is 9.59 Å². The van der Waals surface area contributed by atoms with Gasteiger partial charge < -0.3 is 0 Å². The van der Waals surface area contributed by atoms with Crippen LogP contribution in [0.15, 0.2) is 78.9 Å². The molecule has 2 aromatic rings. The fourth-order valence-corrected chi connectivity index (χ4v) is 5.17. The molecule has 0 radical (unpaired) electrons. The van der Waals surface area contributed by atoms with Gasteiger partial charge in [0.05, 0.1) is 17.4 Å². The van der Waals surface area contributed by atoms with Gasteiger partial charge in [-0.1, -0.05) is 84.5 Å². The van der Waals surface area contributed by atoms with E-state index < -0.39 is 5.41 Å². The number of hydrogen-bond donors (Lipinski definition) is 0. The Morgan fingerprint density at radius 1 is 0.929 bits per heavy atom. The first-order valence-electron chi connectivity index (χ1n) is 9.91. The summed E-state index contributed by atoms with van der Waals surface area (Å²) >= 11 is 0. The van der Waals surface area contributed by atoms with Crippen LogP contribution >= 0.6 is 0 Å². The van der Waals surface area contributed by atoms with Gasteiger partial charge in [0.15, 0.2) is 0 Å². The predicted octanol–water partition coefficient (Wildman–Crippen LogP) is 4.57. The van der Waals surface area contributed by atoms with E-state index in [0.717, 1.165) is 16.7 Å². The lowest BCUT2D eigenvalue weighted by atomic mass is 9.57. The van der Waals surface area contributed by atoms with Gasteiger partial charge in [0.1, 0.15) is 0 Å². The molecule has 3 atom stereocenters. The first-order valence-corrected chi connectivity index (χ1v) is 9.91. The largest absolute Gasteiger partial charge is 0.274 e. The van der Waals surface area contributed by atoms with Crippen molar-refractivity contribution in [3.63, 3.8) is 0 Å². The Morgan fingerprint density at radius 3 is 2.21 bits per heavy atom. The molecule has 4 aliphatic rings. The Balaban J connectivity index is 1.59. The zero-order valence-corrected chi connectivity index (χ0v) is 16.1. The average molecular weight is 369 g/mol. The lowest BCUT2D eigenvalue weighted by Crippen LogP contribution is -2.42. The van der Waals surface area contributed by atoms with Crippen molar-refractivity contribution in [2.24, 2.45) is 17.3 Å². The van der Waals surface area contributed by atoms with Crippen LogP contribution in [0.1, 0.15) is 35.6 Å². The third kappa shape index (κ3) is 2.22. The van der Waals surface area contributed by atoms with E-state index in [9.17, 15) is 9.59 Å². The van der Waals surface area contributed by atoms with Crippen molar-refractivity contribution in [1.82, 2.24) is 4.90 Å². The average Bonchev–Trinajstić information content (AvgIpc) is 2.96. The molecule has 1 spiro atoms. The molecule has 0 N–H and O–H groups in total. The van der Waals surface area contributed by atoms with Crippen molar-refractivity contribution in [2.45, 2.75) is 25.8 Å². The van der Waals surface area contributed by atoms with Gasteiger partial charge in [-0.25, -0.2) is 0 Å². The summed E-state index contributed by atoms with van der Waals surface area (Å²) in [5, 5.41) is 0. The van der Waals surface area contributed by atoms with Crippen molar-refractivity contribution in [3.8, 4) is 0 Å². The van der Waals surface area contributed by atoms with E-state index >= 15 is 0 Å². The molecular formula is C25H23NO2. The van der Waals surface area contributed by atoms with Gasteiger partial charge in [-0.15, -0.1) is 0 Å². The maximum atomic E-state index is 13.6. The van der Waals surface area contributed by atoms with E-state index in [-0.39, 0.29) is 35.6 Å². The monoisotopic (exact) mass is 369 g/mol. The van der Waals surface area contributed by atoms with Gasteiger partial charge in [-0.05, 0) is 25.0 Å². The summed E-state index contributed by atoms with van der Waals surface area (Å²) in [6.07, 6.45) is 8.17. The van der Waals surface area contributed by atoms with Crippen molar-refractivity contribution in [1.29, 1.82) is 0 Å². The molecule has 1 saturated heterocycles. The molecule has 3 aliphatic carbocycles. The minimum absolute atomic E-state index is 0.00266. The van der Waals surface area contributed by atoms with E-state index in [2.05, 4.69) is 24.3 Å². The number of rotatable bonds is 3. The highest BCUT2D eigenvalue weighted by Gasteiger charge is 2.64. The van der Waals surface area contributed by atoms with E-state index in [1.165, 1.54) is 4.90 Å². The zero-order valence-electron chi connectivity index (χ0n) is 16.1. The molecule has 6 rings (SSSR count). The van der Waals surface area contributed by atoms with Crippen LogP contribution in [0.2, 0.25) is 0 Å². The van der Waals surface area contributed by atoms with Crippen LogP contribution in [-0.2, 0) is 9.59 Å². The number of nitrogens with zero attached hydrogens (tertiary/aromatic N) is 1. The Hall–Kier alpha value is -2.94. The molecule has 0 saturated carbocycles. The Morgan fingerprint density at radius 2 is 1.57 bits per heavy atom. The molecule has 140 valence electrons. The number of carbonyl (C=O) groups is 2. The van der Waals surface area contributed by atoms with Crippen LogP contribution in [0.4, 0.5) is 0 Å². The molecule has 2 bridgehead atoms. The van der Waals surface area contributed by atoms with Gasteiger partial charge in [-0.2, -0.15) is 0 Å². The minimum atomic E-state index is -0.842. The van der Waals surface area contributed by atoms with E-state index in [0.29, 0.717) is 0 Å². The topological polar surface area (TPSA) is 37.4 Å². The molecule has 2 aromatic carbocycles. The van der Waals surface area contributed by atoms with Crippen molar-refractivity contribution in [2.75, 3.05) is 0 Å². The van der Waals surface area contributed by atoms with Crippen molar-refractivity contribution in [3.05, 3.63) is 95.6 Å². The van der Waals surface area contributed by atoms with Crippen molar-refractivity contribution >= 4 is 11.8 Å². The summed E-state index contributed by atoms with van der Waals surface area (Å²) in [6, 6.07) is 17.9. The predicted molar refractivity (Wildman–Crippen MR) is 108 cm³/mol. The third-order valence-electron chi connectivity index (χ3n) is 6.70. The Bertz CT molecular complexity index is 989. The number of allylic oxidation sites excluding steroid dienone is 2. The first kappa shape index (κ1) is 17.2. The number of benzene rings is 2. The Kier molecular flexibility index (Phi) is 3.70. The Labute approximate surface area is 165 Å². The quantitative estimate of drug-likeness (QED) is 0.587. The molecule has 2 amide bonds. The van der Waals surface area contributed by atoms with Crippen LogP contribution in [-0.4, -0.2) is 16.7 Å². The smallest absolute Gasteiger partial charge is 0.244 e. The second-order valence-corrected chi connectivity index (χ2v) is 8.24. The number of aryl methyl sites for hydroxylation is 1. The molecule has 28 heavy (non-hydrogen) atoms. The summed E-state index contributed by atoms with van der Waals surface area (Å²) < 4.78 is 0. The summed E-state index contributed by atoms with van der Waals surface area (Å²) in [6.45, 7) is 3.98. The molecule has 1 unspecified atom stereocenters. The van der Waals surface area contributed by atoms with Crippen LogP contribution in [0, 0.1) is 24.2 Å². The normalized spacial score (nSPS) is 31.4. The number of likely N-dealkylation sites (tertiary alicyclic amines) is 1. The zero-order chi connectivity index (χ0) is 19.5. The summed E-state index contributed by atoms with van der Waals surface area (Å²) in [7, 11) is 0. The molecule has 0 aromatic heterocycles. The lowest BCUT2D eigenvalue weighted by Gasteiger charge is -2.42. The highest BCUT2D eigenvalue weighted by Crippen LogP contribution is 2.58. The molecule has 1 heterocycles. The van der Waals surface area contributed by atoms with Crippen LogP contribution in [0.5, 0.6) is 0 Å². The lowest BCUT2D eigenvalue weighted by molar-refractivity contribution is -0.142.